The van der Waals surface area contributed by atoms with E-state index >= 15 is 0 Å². The van der Waals surface area contributed by atoms with E-state index in [9.17, 15) is 14.4 Å². The number of hydrogen-bond acceptors (Lipinski definition) is 4. The Morgan fingerprint density at radius 1 is 1.04 bits per heavy atom. The van der Waals surface area contributed by atoms with Gasteiger partial charge < -0.3 is 4.90 Å². The van der Waals surface area contributed by atoms with Crippen LogP contribution in [0.4, 0.5) is 0 Å². The molecule has 1 aliphatic rings. The highest BCUT2D eigenvalue weighted by molar-refractivity contribution is 6.55. The van der Waals surface area contributed by atoms with Crippen LogP contribution >= 0.6 is 46.4 Å². The summed E-state index contributed by atoms with van der Waals surface area (Å²) in [6, 6.07) is 1.90. The molecule has 126 valence electrons. The third-order valence-corrected chi connectivity index (χ3v) is 5.27. The second kappa shape index (κ2) is 7.16. The first-order valence-electron chi connectivity index (χ1n) is 6.55. The Bertz CT molecular complexity index is 757. The average molecular weight is 409 g/mol. The van der Waals surface area contributed by atoms with Gasteiger partial charge >= 0.3 is 0 Å². The van der Waals surface area contributed by atoms with Crippen LogP contribution in [0.2, 0.25) is 20.1 Å². The maximum atomic E-state index is 12.5. The summed E-state index contributed by atoms with van der Waals surface area (Å²) in [5.41, 5.74) is -0.345. The van der Waals surface area contributed by atoms with Crippen molar-refractivity contribution in [2.24, 2.45) is 0 Å². The minimum absolute atomic E-state index is 0.132. The number of hydrogen-bond donors (Lipinski definition) is 0. The summed E-state index contributed by atoms with van der Waals surface area (Å²) < 4.78 is 0. The van der Waals surface area contributed by atoms with Crippen LogP contribution in [0.25, 0.3) is 0 Å². The van der Waals surface area contributed by atoms with E-state index in [-0.39, 0.29) is 44.2 Å². The van der Waals surface area contributed by atoms with Crippen molar-refractivity contribution in [3.05, 3.63) is 31.2 Å². The molecule has 1 aliphatic heterocycles. The topological polar surface area (TPSA) is 81.5 Å². The number of amides is 3. The van der Waals surface area contributed by atoms with E-state index in [0.29, 0.717) is 0 Å². The summed E-state index contributed by atoms with van der Waals surface area (Å²) in [5, 5.41) is 7.89. The standard InChI is InChI=1S/C14H9Cl4N3O3/c1-20(4-2-3-19)6(22)5-21-13(23)7-8(14(21)24)10(16)12(18)11(17)9(7)15/h2,4-5H2,1H3. The van der Waals surface area contributed by atoms with Crippen LogP contribution in [0.3, 0.4) is 0 Å². The molecule has 2 rings (SSSR count). The highest BCUT2D eigenvalue weighted by atomic mass is 35.5. The second-order valence-electron chi connectivity index (χ2n) is 4.93. The van der Waals surface area contributed by atoms with Crippen LogP contribution < -0.4 is 0 Å². The molecule has 0 unspecified atom stereocenters. The number of carbonyl (C=O) groups is 3. The number of nitrogens with zero attached hydrogens (tertiary/aromatic N) is 3. The number of likely N-dealkylation sites (N-methyl/N-ethyl adjacent to an activating group) is 1. The molecular weight excluding hydrogens is 400 g/mol. The lowest BCUT2D eigenvalue weighted by atomic mass is 10.1. The summed E-state index contributed by atoms with van der Waals surface area (Å²) in [6.07, 6.45) is 0.132. The molecule has 0 saturated heterocycles. The van der Waals surface area contributed by atoms with Crippen molar-refractivity contribution in [1.82, 2.24) is 9.80 Å². The molecule has 0 radical (unpaired) electrons. The van der Waals surface area contributed by atoms with E-state index < -0.39 is 24.3 Å². The Morgan fingerprint density at radius 3 is 1.92 bits per heavy atom. The fourth-order valence-corrected chi connectivity index (χ4v) is 3.15. The summed E-state index contributed by atoms with van der Waals surface area (Å²) >= 11 is 23.8. The van der Waals surface area contributed by atoms with Crippen molar-refractivity contribution in [3.63, 3.8) is 0 Å². The molecule has 0 aromatic heterocycles. The molecule has 0 fully saturated rings. The number of benzene rings is 1. The lowest BCUT2D eigenvalue weighted by molar-refractivity contribution is -0.130. The van der Waals surface area contributed by atoms with Gasteiger partial charge in [0.25, 0.3) is 11.8 Å². The molecule has 24 heavy (non-hydrogen) atoms. The van der Waals surface area contributed by atoms with Crippen molar-refractivity contribution >= 4 is 64.1 Å². The Kier molecular flexibility index (Phi) is 5.61. The van der Waals surface area contributed by atoms with Crippen LogP contribution in [0.15, 0.2) is 0 Å². The number of fused-ring (bicyclic) bond motifs is 1. The van der Waals surface area contributed by atoms with Crippen LogP contribution in [0.1, 0.15) is 27.1 Å². The monoisotopic (exact) mass is 407 g/mol. The number of carbonyl (C=O) groups excluding carboxylic acids is 3. The van der Waals surface area contributed by atoms with Gasteiger partial charge in [0.05, 0.1) is 43.7 Å². The normalized spacial score (nSPS) is 13.1. The van der Waals surface area contributed by atoms with Gasteiger partial charge in [0.2, 0.25) is 5.91 Å². The maximum absolute atomic E-state index is 12.5. The van der Waals surface area contributed by atoms with E-state index in [2.05, 4.69) is 0 Å². The van der Waals surface area contributed by atoms with Gasteiger partial charge in [-0.05, 0) is 0 Å². The van der Waals surface area contributed by atoms with E-state index in [1.165, 1.54) is 11.9 Å². The Labute approximate surface area is 157 Å². The van der Waals surface area contributed by atoms with Crippen molar-refractivity contribution in [2.45, 2.75) is 6.42 Å². The molecule has 0 aliphatic carbocycles. The van der Waals surface area contributed by atoms with Crippen molar-refractivity contribution in [2.75, 3.05) is 20.1 Å². The predicted molar refractivity (Wildman–Crippen MR) is 89.7 cm³/mol. The summed E-state index contributed by atoms with van der Waals surface area (Å²) in [6.45, 7) is -0.326. The van der Waals surface area contributed by atoms with Gasteiger partial charge in [0.15, 0.2) is 0 Å². The van der Waals surface area contributed by atoms with Gasteiger partial charge in [-0.3, -0.25) is 19.3 Å². The molecule has 1 aromatic carbocycles. The van der Waals surface area contributed by atoms with Gasteiger partial charge in [-0.1, -0.05) is 46.4 Å². The predicted octanol–water partition coefficient (Wildman–Crippen LogP) is 3.27. The quantitative estimate of drug-likeness (QED) is 0.435. The summed E-state index contributed by atoms with van der Waals surface area (Å²) in [7, 11) is 1.46. The van der Waals surface area contributed by atoms with Gasteiger partial charge in [-0.15, -0.1) is 0 Å². The first-order chi connectivity index (χ1) is 11.2. The third kappa shape index (κ3) is 3.05. The first kappa shape index (κ1) is 18.8. The average Bonchev–Trinajstić information content (AvgIpc) is 2.80. The molecule has 0 atom stereocenters. The lowest BCUT2D eigenvalue weighted by Crippen LogP contribution is -2.41. The Morgan fingerprint density at radius 2 is 1.50 bits per heavy atom. The number of imide groups is 1. The molecule has 0 saturated carbocycles. The number of rotatable bonds is 4. The second-order valence-corrected chi connectivity index (χ2v) is 6.44. The van der Waals surface area contributed by atoms with E-state index in [0.717, 1.165) is 4.90 Å². The molecule has 0 N–H and O–H groups in total. The highest BCUT2D eigenvalue weighted by Crippen LogP contribution is 2.44. The zero-order chi connectivity index (χ0) is 18.2. The molecule has 10 heteroatoms. The lowest BCUT2D eigenvalue weighted by Gasteiger charge is -2.19. The molecule has 3 amide bonds. The highest BCUT2D eigenvalue weighted by Gasteiger charge is 2.42. The Balaban J connectivity index is 2.35. The van der Waals surface area contributed by atoms with Crippen LogP contribution in [0.5, 0.6) is 0 Å². The SMILES string of the molecule is CN(CCC#N)C(=O)CN1C(=O)c2c(Cl)c(Cl)c(Cl)c(Cl)c2C1=O. The van der Waals surface area contributed by atoms with Gasteiger partial charge in [0, 0.05) is 13.6 Å². The van der Waals surface area contributed by atoms with E-state index in [1.54, 1.807) is 0 Å². The van der Waals surface area contributed by atoms with Crippen molar-refractivity contribution < 1.29 is 14.4 Å². The minimum Gasteiger partial charge on any atom is -0.343 e. The van der Waals surface area contributed by atoms with Gasteiger partial charge in [-0.2, -0.15) is 5.26 Å². The van der Waals surface area contributed by atoms with E-state index in [1.807, 2.05) is 6.07 Å². The molecule has 1 aromatic rings. The number of nitriles is 1. The molecule has 6 nitrogen and oxygen atoms in total. The Hall–Kier alpha value is -1.52. The summed E-state index contributed by atoms with van der Waals surface area (Å²) in [5.74, 6) is -2.06. The van der Waals surface area contributed by atoms with Crippen molar-refractivity contribution in [1.29, 1.82) is 5.26 Å². The summed E-state index contributed by atoms with van der Waals surface area (Å²) in [4.78, 5) is 39.0. The zero-order valence-electron chi connectivity index (χ0n) is 12.2. The first-order valence-corrected chi connectivity index (χ1v) is 8.06. The third-order valence-electron chi connectivity index (χ3n) is 3.46. The minimum atomic E-state index is -0.775. The van der Waals surface area contributed by atoms with Crippen LogP contribution in [0, 0.1) is 11.3 Å². The molecular formula is C14H9Cl4N3O3. The largest absolute Gasteiger partial charge is 0.343 e. The maximum Gasteiger partial charge on any atom is 0.263 e. The van der Waals surface area contributed by atoms with Crippen LogP contribution in [-0.2, 0) is 4.79 Å². The van der Waals surface area contributed by atoms with Crippen molar-refractivity contribution in [3.8, 4) is 6.07 Å². The fourth-order valence-electron chi connectivity index (χ4n) is 2.14. The fraction of sp³-hybridized carbons (Fsp3) is 0.286. The molecule has 1 heterocycles. The van der Waals surface area contributed by atoms with Crippen LogP contribution in [-0.4, -0.2) is 47.7 Å². The van der Waals surface area contributed by atoms with E-state index in [4.69, 9.17) is 51.7 Å². The van der Waals surface area contributed by atoms with Gasteiger partial charge in [-0.25, -0.2) is 0 Å². The smallest absolute Gasteiger partial charge is 0.263 e. The molecule has 0 spiro atoms. The molecule has 0 bridgehead atoms. The van der Waals surface area contributed by atoms with Gasteiger partial charge in [0.1, 0.15) is 6.54 Å². The number of halogens is 4. The zero-order valence-corrected chi connectivity index (χ0v) is 15.2.